The van der Waals surface area contributed by atoms with E-state index in [0.29, 0.717) is 19.4 Å². The highest BCUT2D eigenvalue weighted by Crippen LogP contribution is 2.33. The minimum Gasteiger partial charge on any atom is -0.330 e. The van der Waals surface area contributed by atoms with Crippen LogP contribution in [-0.2, 0) is 11.8 Å². The van der Waals surface area contributed by atoms with Gasteiger partial charge in [0.25, 0.3) is 0 Å². The summed E-state index contributed by atoms with van der Waals surface area (Å²) in [5.74, 6) is -2.61. The highest BCUT2D eigenvalue weighted by atomic mass is 19.2. The molecule has 19 heavy (non-hydrogen) atoms. The number of unbranched alkanes of at least 4 members (excludes halogenated alkanes) is 1. The number of hydrogen-bond acceptors (Lipinski definition) is 1. The smallest absolute Gasteiger partial charge is 0.165 e. The first-order valence-electron chi connectivity index (χ1n) is 6.58. The van der Waals surface area contributed by atoms with Crippen LogP contribution in [0.1, 0.15) is 50.3 Å². The van der Waals surface area contributed by atoms with Crippen LogP contribution >= 0.6 is 0 Å². The third-order valence-corrected chi connectivity index (χ3v) is 3.31. The maximum Gasteiger partial charge on any atom is 0.165 e. The molecule has 0 unspecified atom stereocenters. The minimum atomic E-state index is -1.06. The molecule has 0 radical (unpaired) electrons. The molecule has 0 amide bonds. The van der Waals surface area contributed by atoms with Crippen molar-refractivity contribution in [2.75, 3.05) is 6.54 Å². The molecular weight excluding hydrogens is 251 g/mol. The Labute approximate surface area is 113 Å². The van der Waals surface area contributed by atoms with E-state index in [4.69, 9.17) is 5.73 Å². The van der Waals surface area contributed by atoms with Crippen molar-refractivity contribution in [1.29, 1.82) is 0 Å². The first-order valence-corrected chi connectivity index (χ1v) is 6.58. The molecule has 1 aromatic rings. The van der Waals surface area contributed by atoms with Crippen LogP contribution in [0, 0.1) is 24.4 Å². The maximum absolute atomic E-state index is 14.5. The number of rotatable bonds is 4. The maximum atomic E-state index is 14.5. The van der Waals surface area contributed by atoms with E-state index >= 15 is 0 Å². The van der Waals surface area contributed by atoms with Crippen molar-refractivity contribution in [1.82, 2.24) is 0 Å². The molecule has 4 heteroatoms. The summed E-state index contributed by atoms with van der Waals surface area (Å²) in [6.45, 7) is 6.95. The van der Waals surface area contributed by atoms with Gasteiger partial charge in [0.05, 0.1) is 0 Å². The molecule has 1 rings (SSSR count). The van der Waals surface area contributed by atoms with E-state index in [1.807, 2.05) is 0 Å². The molecule has 1 aromatic carbocycles. The molecule has 0 heterocycles. The highest BCUT2D eigenvalue weighted by Gasteiger charge is 2.29. The van der Waals surface area contributed by atoms with Gasteiger partial charge in [-0.2, -0.15) is 0 Å². The second-order valence-corrected chi connectivity index (χ2v) is 5.92. The van der Waals surface area contributed by atoms with E-state index in [2.05, 4.69) is 0 Å². The van der Waals surface area contributed by atoms with E-state index in [1.165, 1.54) is 6.92 Å². The lowest BCUT2D eigenvalue weighted by molar-refractivity contribution is 0.426. The van der Waals surface area contributed by atoms with Crippen LogP contribution in [0.3, 0.4) is 0 Å². The summed E-state index contributed by atoms with van der Waals surface area (Å²) < 4.78 is 42.3. The molecule has 108 valence electrons. The van der Waals surface area contributed by atoms with Gasteiger partial charge < -0.3 is 5.73 Å². The van der Waals surface area contributed by atoms with Crippen LogP contribution in [0.15, 0.2) is 0 Å². The number of benzene rings is 1. The fraction of sp³-hybridized carbons (Fsp3) is 0.600. The predicted molar refractivity (Wildman–Crippen MR) is 71.7 cm³/mol. The summed E-state index contributed by atoms with van der Waals surface area (Å²) >= 11 is 0. The van der Waals surface area contributed by atoms with Gasteiger partial charge >= 0.3 is 0 Å². The Morgan fingerprint density at radius 1 is 0.947 bits per heavy atom. The fourth-order valence-electron chi connectivity index (χ4n) is 2.22. The number of hydrogen-bond donors (Lipinski definition) is 1. The van der Waals surface area contributed by atoms with Gasteiger partial charge in [0.2, 0.25) is 0 Å². The monoisotopic (exact) mass is 273 g/mol. The third-order valence-electron chi connectivity index (χ3n) is 3.31. The van der Waals surface area contributed by atoms with Crippen LogP contribution in [0.25, 0.3) is 0 Å². The molecule has 0 saturated heterocycles. The first-order chi connectivity index (χ1) is 8.71. The normalized spacial score (nSPS) is 12.0. The second kappa shape index (κ2) is 5.95. The predicted octanol–water partition coefficient (Wildman–Crippen LogP) is 3.99. The number of nitrogens with two attached hydrogens (primary N) is 1. The summed E-state index contributed by atoms with van der Waals surface area (Å²) in [5.41, 5.74) is 4.80. The van der Waals surface area contributed by atoms with Crippen molar-refractivity contribution in [3.63, 3.8) is 0 Å². The molecule has 0 saturated carbocycles. The van der Waals surface area contributed by atoms with Gasteiger partial charge in [-0.3, -0.25) is 0 Å². The van der Waals surface area contributed by atoms with E-state index in [9.17, 15) is 13.2 Å². The van der Waals surface area contributed by atoms with Crippen molar-refractivity contribution in [3.8, 4) is 0 Å². The average molecular weight is 273 g/mol. The summed E-state index contributed by atoms with van der Waals surface area (Å²) in [5, 5.41) is 0. The van der Waals surface area contributed by atoms with Crippen LogP contribution in [-0.4, -0.2) is 6.54 Å². The zero-order valence-corrected chi connectivity index (χ0v) is 12.0. The number of halogens is 3. The topological polar surface area (TPSA) is 26.0 Å². The van der Waals surface area contributed by atoms with Crippen molar-refractivity contribution in [2.24, 2.45) is 5.73 Å². The van der Waals surface area contributed by atoms with Crippen LogP contribution in [0.5, 0.6) is 0 Å². The molecule has 0 aliphatic heterocycles. The van der Waals surface area contributed by atoms with Gasteiger partial charge in [-0.05, 0) is 49.3 Å². The van der Waals surface area contributed by atoms with Crippen molar-refractivity contribution < 1.29 is 13.2 Å². The molecule has 1 nitrogen and oxygen atoms in total. The van der Waals surface area contributed by atoms with Crippen LogP contribution in [0.2, 0.25) is 0 Å². The quantitative estimate of drug-likeness (QED) is 0.651. The standard InChI is InChI=1S/C15H22F3N/c1-9-10(7-5-6-8-19)13(17)11(15(2,3)4)14(18)12(9)16/h5-8,19H2,1-4H3. The summed E-state index contributed by atoms with van der Waals surface area (Å²) in [6, 6.07) is 0. The molecular formula is C15H22F3N. The minimum absolute atomic E-state index is 0.0695. The Hall–Kier alpha value is -1.03. The Balaban J connectivity index is 3.35. The van der Waals surface area contributed by atoms with Crippen molar-refractivity contribution in [3.05, 3.63) is 34.1 Å². The molecule has 0 bridgehead atoms. The SMILES string of the molecule is Cc1c(F)c(F)c(C(C)(C)C)c(F)c1CCCCN. The lowest BCUT2D eigenvalue weighted by Crippen LogP contribution is -2.20. The molecule has 0 aromatic heterocycles. The van der Waals surface area contributed by atoms with E-state index in [0.717, 1.165) is 6.42 Å². The first kappa shape index (κ1) is 16.0. The zero-order chi connectivity index (χ0) is 14.8. The fourth-order valence-corrected chi connectivity index (χ4v) is 2.22. The summed E-state index contributed by atoms with van der Waals surface area (Å²) in [7, 11) is 0. The summed E-state index contributed by atoms with van der Waals surface area (Å²) in [6.07, 6.45) is 1.79. The Bertz CT molecular complexity index is 462. The van der Waals surface area contributed by atoms with Gasteiger partial charge in [-0.25, -0.2) is 13.2 Å². The van der Waals surface area contributed by atoms with E-state index < -0.39 is 22.9 Å². The van der Waals surface area contributed by atoms with Gasteiger partial charge in [0, 0.05) is 5.56 Å². The lowest BCUT2D eigenvalue weighted by Gasteiger charge is -2.24. The van der Waals surface area contributed by atoms with Gasteiger partial charge in [0.1, 0.15) is 5.82 Å². The Kier molecular flexibility index (Phi) is 5.02. The second-order valence-electron chi connectivity index (χ2n) is 5.92. The lowest BCUT2D eigenvalue weighted by atomic mass is 9.83. The van der Waals surface area contributed by atoms with Gasteiger partial charge in [-0.1, -0.05) is 20.8 Å². The van der Waals surface area contributed by atoms with Crippen molar-refractivity contribution >= 4 is 0 Å². The third kappa shape index (κ3) is 3.30. The van der Waals surface area contributed by atoms with Gasteiger partial charge in [-0.15, -0.1) is 0 Å². The largest absolute Gasteiger partial charge is 0.330 e. The van der Waals surface area contributed by atoms with Crippen LogP contribution < -0.4 is 5.73 Å². The van der Waals surface area contributed by atoms with Crippen LogP contribution in [0.4, 0.5) is 13.2 Å². The van der Waals surface area contributed by atoms with Gasteiger partial charge in [0.15, 0.2) is 11.6 Å². The van der Waals surface area contributed by atoms with E-state index in [1.54, 1.807) is 20.8 Å². The molecule has 0 aliphatic rings. The zero-order valence-electron chi connectivity index (χ0n) is 12.0. The Morgan fingerprint density at radius 2 is 1.53 bits per heavy atom. The molecule has 0 spiro atoms. The van der Waals surface area contributed by atoms with Crippen molar-refractivity contribution in [2.45, 2.75) is 52.4 Å². The Morgan fingerprint density at radius 3 is 2.00 bits per heavy atom. The average Bonchev–Trinajstić information content (AvgIpc) is 2.29. The molecule has 0 fully saturated rings. The molecule has 0 aliphatic carbocycles. The summed E-state index contributed by atoms with van der Waals surface area (Å²) in [4.78, 5) is 0. The molecule has 0 atom stereocenters. The highest BCUT2D eigenvalue weighted by molar-refractivity contribution is 5.39. The molecule has 2 N–H and O–H groups in total. The van der Waals surface area contributed by atoms with E-state index in [-0.39, 0.29) is 16.7 Å².